The van der Waals surface area contributed by atoms with Gasteiger partial charge in [-0.15, -0.1) is 0 Å². The Hall–Kier alpha value is -1.54. The first-order valence-electron chi connectivity index (χ1n) is 6.30. The molecule has 0 amide bonds. The summed E-state index contributed by atoms with van der Waals surface area (Å²) in [5.74, 6) is 0. The van der Waals surface area contributed by atoms with E-state index < -0.39 is 12.3 Å². The molecule has 0 N–H and O–H groups in total. The number of methoxy groups -OCH3 is 2. The van der Waals surface area contributed by atoms with Crippen LogP contribution in [0.3, 0.4) is 0 Å². The molecule has 0 saturated heterocycles. The molecule has 0 aliphatic rings. The number of hydrogen-bond acceptors (Lipinski definition) is 8. The summed E-state index contributed by atoms with van der Waals surface area (Å²) in [7, 11) is 2.99. The molecule has 2 atom stereocenters. The van der Waals surface area contributed by atoms with Crippen molar-refractivity contribution in [2.24, 2.45) is 0 Å². The molecular formula is C12H22O8. The lowest BCUT2D eigenvalue weighted by Crippen LogP contribution is -2.23. The van der Waals surface area contributed by atoms with Crippen LogP contribution in [-0.4, -0.2) is 52.0 Å². The maximum Gasteiger partial charge on any atom is 0.550 e. The summed E-state index contributed by atoms with van der Waals surface area (Å²) in [5.41, 5.74) is 0. The zero-order valence-corrected chi connectivity index (χ0v) is 12.2. The second kappa shape index (κ2) is 11.3. The number of ether oxygens (including phenoxy) is 4. The lowest BCUT2D eigenvalue weighted by atomic mass is 10.3. The number of carbonyl (C=O) groups is 2. The highest BCUT2D eigenvalue weighted by Crippen LogP contribution is 2.01. The van der Waals surface area contributed by atoms with E-state index in [2.05, 4.69) is 19.2 Å². The van der Waals surface area contributed by atoms with E-state index in [1.54, 1.807) is 0 Å². The van der Waals surface area contributed by atoms with Crippen LogP contribution in [0.1, 0.15) is 26.7 Å². The van der Waals surface area contributed by atoms with Gasteiger partial charge in [0.15, 0.2) is 0 Å². The second-order valence-corrected chi connectivity index (χ2v) is 3.82. The molecular weight excluding hydrogens is 272 g/mol. The van der Waals surface area contributed by atoms with Crippen LogP contribution in [-0.2, 0) is 28.7 Å². The van der Waals surface area contributed by atoms with E-state index in [4.69, 9.17) is 9.47 Å². The molecule has 0 bridgehead atoms. The van der Waals surface area contributed by atoms with Gasteiger partial charge >= 0.3 is 12.3 Å². The largest absolute Gasteiger partial charge is 0.550 e. The SMILES string of the molecule is CCC(COC(=O)OOC(=O)OCC(CC)OC)OC. The Labute approximate surface area is 118 Å². The lowest BCUT2D eigenvalue weighted by molar-refractivity contribution is -0.221. The molecule has 8 heteroatoms. The zero-order valence-electron chi connectivity index (χ0n) is 12.2. The first-order valence-corrected chi connectivity index (χ1v) is 6.30. The van der Waals surface area contributed by atoms with Gasteiger partial charge in [0.2, 0.25) is 0 Å². The van der Waals surface area contributed by atoms with Crippen LogP contribution in [0, 0.1) is 0 Å². The predicted octanol–water partition coefficient (Wildman–Crippen LogP) is 2.06. The number of rotatable bonds is 8. The Morgan fingerprint density at radius 3 is 1.40 bits per heavy atom. The number of carbonyl (C=O) groups excluding carboxylic acids is 2. The van der Waals surface area contributed by atoms with E-state index in [1.807, 2.05) is 13.8 Å². The average Bonchev–Trinajstić information content (AvgIpc) is 2.47. The van der Waals surface area contributed by atoms with Crippen molar-refractivity contribution < 1.29 is 38.3 Å². The molecule has 0 aromatic rings. The highest BCUT2D eigenvalue weighted by molar-refractivity contribution is 5.63. The molecule has 0 spiro atoms. The quantitative estimate of drug-likeness (QED) is 0.382. The summed E-state index contributed by atoms with van der Waals surface area (Å²) < 4.78 is 19.3. The average molecular weight is 294 g/mol. The number of hydrogen-bond donors (Lipinski definition) is 0. The van der Waals surface area contributed by atoms with Crippen molar-refractivity contribution in [3.8, 4) is 0 Å². The van der Waals surface area contributed by atoms with E-state index in [0.717, 1.165) is 0 Å². The van der Waals surface area contributed by atoms with E-state index in [1.165, 1.54) is 14.2 Å². The van der Waals surface area contributed by atoms with Crippen molar-refractivity contribution >= 4 is 12.3 Å². The molecule has 0 aliphatic carbocycles. The third-order valence-electron chi connectivity index (χ3n) is 2.53. The summed E-state index contributed by atoms with van der Waals surface area (Å²) in [6.07, 6.45) is -1.42. The minimum atomic E-state index is -1.14. The molecule has 2 unspecified atom stereocenters. The van der Waals surface area contributed by atoms with Crippen LogP contribution in [0.25, 0.3) is 0 Å². The first kappa shape index (κ1) is 18.5. The Balaban J connectivity index is 3.75. The van der Waals surface area contributed by atoms with Crippen LogP contribution < -0.4 is 0 Å². The van der Waals surface area contributed by atoms with Gasteiger partial charge in [-0.05, 0) is 12.8 Å². The zero-order chi connectivity index (χ0) is 15.4. The maximum atomic E-state index is 11.1. The fraction of sp³-hybridized carbons (Fsp3) is 0.833. The second-order valence-electron chi connectivity index (χ2n) is 3.82. The van der Waals surface area contributed by atoms with Gasteiger partial charge in [-0.2, -0.15) is 19.4 Å². The fourth-order valence-electron chi connectivity index (χ4n) is 1.14. The summed E-state index contributed by atoms with van der Waals surface area (Å²) in [6.45, 7) is 3.75. The molecule has 0 aliphatic heterocycles. The van der Waals surface area contributed by atoms with Gasteiger partial charge in [0.05, 0.1) is 12.2 Å². The van der Waals surface area contributed by atoms with Crippen LogP contribution in [0.5, 0.6) is 0 Å². The summed E-state index contributed by atoms with van der Waals surface area (Å²) in [6, 6.07) is 0. The topological polar surface area (TPSA) is 89.5 Å². The fourth-order valence-corrected chi connectivity index (χ4v) is 1.14. The molecule has 0 aromatic carbocycles. The van der Waals surface area contributed by atoms with Crippen LogP contribution >= 0.6 is 0 Å². The molecule has 0 aromatic heterocycles. The summed E-state index contributed by atoms with van der Waals surface area (Å²) >= 11 is 0. The normalized spacial score (nSPS) is 13.2. The van der Waals surface area contributed by atoms with Crippen LogP contribution in [0.15, 0.2) is 0 Å². The van der Waals surface area contributed by atoms with Gasteiger partial charge in [0, 0.05) is 14.2 Å². The molecule has 20 heavy (non-hydrogen) atoms. The van der Waals surface area contributed by atoms with Crippen molar-refractivity contribution in [1.82, 2.24) is 0 Å². The monoisotopic (exact) mass is 294 g/mol. The van der Waals surface area contributed by atoms with Gasteiger partial charge in [-0.1, -0.05) is 13.8 Å². The van der Waals surface area contributed by atoms with Gasteiger partial charge < -0.3 is 18.9 Å². The van der Waals surface area contributed by atoms with Gasteiger partial charge in [0.1, 0.15) is 13.2 Å². The molecule has 0 rings (SSSR count). The lowest BCUT2D eigenvalue weighted by Gasteiger charge is -2.13. The van der Waals surface area contributed by atoms with Crippen molar-refractivity contribution in [2.75, 3.05) is 27.4 Å². The Morgan fingerprint density at radius 1 is 0.800 bits per heavy atom. The Morgan fingerprint density at radius 2 is 1.15 bits per heavy atom. The molecule has 0 heterocycles. The minimum absolute atomic E-state index is 0.00578. The standard InChI is InChI=1S/C12H22O8/c1-5-9(15-3)7-17-11(13)19-20-12(14)18-8-10(6-2)16-4/h9-10H,5-8H2,1-4H3. The van der Waals surface area contributed by atoms with E-state index in [-0.39, 0.29) is 25.4 Å². The van der Waals surface area contributed by atoms with Crippen molar-refractivity contribution in [3.63, 3.8) is 0 Å². The van der Waals surface area contributed by atoms with Crippen LogP contribution in [0.2, 0.25) is 0 Å². The highest BCUT2D eigenvalue weighted by atomic mass is 17.3. The van der Waals surface area contributed by atoms with E-state index >= 15 is 0 Å². The van der Waals surface area contributed by atoms with Crippen molar-refractivity contribution in [1.29, 1.82) is 0 Å². The van der Waals surface area contributed by atoms with Crippen LogP contribution in [0.4, 0.5) is 9.59 Å². The van der Waals surface area contributed by atoms with Crippen molar-refractivity contribution in [2.45, 2.75) is 38.9 Å². The third kappa shape index (κ3) is 8.54. The molecule has 118 valence electrons. The predicted molar refractivity (Wildman–Crippen MR) is 67.0 cm³/mol. The Kier molecular flexibility index (Phi) is 10.4. The smallest absolute Gasteiger partial charge is 0.429 e. The van der Waals surface area contributed by atoms with Gasteiger partial charge in [-0.3, -0.25) is 0 Å². The Bertz CT molecular complexity index is 245. The molecule has 0 saturated carbocycles. The highest BCUT2D eigenvalue weighted by Gasteiger charge is 2.16. The third-order valence-corrected chi connectivity index (χ3v) is 2.53. The van der Waals surface area contributed by atoms with E-state index in [9.17, 15) is 9.59 Å². The molecule has 8 nitrogen and oxygen atoms in total. The van der Waals surface area contributed by atoms with Gasteiger partial charge in [-0.25, -0.2) is 0 Å². The molecule has 0 fully saturated rings. The summed E-state index contributed by atoms with van der Waals surface area (Å²) in [4.78, 5) is 30.4. The van der Waals surface area contributed by atoms with Gasteiger partial charge in [0.25, 0.3) is 0 Å². The van der Waals surface area contributed by atoms with E-state index in [0.29, 0.717) is 12.8 Å². The maximum absolute atomic E-state index is 11.1. The first-order chi connectivity index (χ1) is 9.57. The summed E-state index contributed by atoms with van der Waals surface area (Å²) in [5, 5.41) is 0. The van der Waals surface area contributed by atoms with Crippen molar-refractivity contribution in [3.05, 3.63) is 0 Å². The molecule has 0 radical (unpaired) electrons. The minimum Gasteiger partial charge on any atom is -0.429 e.